The van der Waals surface area contributed by atoms with E-state index >= 15 is 0 Å². The van der Waals surface area contributed by atoms with Crippen molar-refractivity contribution in [3.05, 3.63) is 16.0 Å². The predicted molar refractivity (Wildman–Crippen MR) is 91.8 cm³/mol. The van der Waals surface area contributed by atoms with Gasteiger partial charge in [0.15, 0.2) is 0 Å². The van der Waals surface area contributed by atoms with Gasteiger partial charge in [0, 0.05) is 24.4 Å². The number of likely N-dealkylation sites (N-methyl/N-ethyl adjacent to an activating group) is 1. The maximum Gasteiger partial charge on any atom is 0.314 e. The first kappa shape index (κ1) is 18.4. The Hall–Kier alpha value is -1.95. The van der Waals surface area contributed by atoms with Gasteiger partial charge in [-0.05, 0) is 33.5 Å². The van der Waals surface area contributed by atoms with Crippen LogP contribution in [0.3, 0.4) is 0 Å². The zero-order valence-corrected chi connectivity index (χ0v) is 15.2. The highest BCUT2D eigenvalue weighted by Crippen LogP contribution is 2.39. The lowest BCUT2D eigenvalue weighted by atomic mass is 9.93. The highest BCUT2D eigenvalue weighted by Gasteiger charge is 2.32. The number of nitrogens with zero attached hydrogens (tertiary/aromatic N) is 2. The van der Waals surface area contributed by atoms with Crippen molar-refractivity contribution in [1.29, 1.82) is 5.26 Å². The van der Waals surface area contributed by atoms with Gasteiger partial charge in [-0.2, -0.15) is 5.26 Å². The van der Waals surface area contributed by atoms with Crippen molar-refractivity contribution in [3.8, 4) is 6.07 Å². The Morgan fingerprint density at radius 3 is 2.71 bits per heavy atom. The topological polar surface area (TPSA) is 94.5 Å². The molecule has 1 aliphatic heterocycles. The summed E-state index contributed by atoms with van der Waals surface area (Å²) in [6.45, 7) is 5.36. The Balaban J connectivity index is 2.08. The van der Waals surface area contributed by atoms with E-state index in [1.807, 2.05) is 32.8 Å². The number of hydrogen-bond acceptors (Lipinski definition) is 6. The normalized spacial score (nSPS) is 15.5. The van der Waals surface area contributed by atoms with Crippen LogP contribution in [0.1, 0.15) is 29.9 Å². The lowest BCUT2D eigenvalue weighted by Crippen LogP contribution is -2.38. The fourth-order valence-corrected chi connectivity index (χ4v) is 3.47. The molecule has 2 heterocycles. The van der Waals surface area contributed by atoms with Crippen LogP contribution in [0, 0.1) is 11.3 Å². The maximum atomic E-state index is 12.0. The predicted octanol–water partition coefficient (Wildman–Crippen LogP) is 1.09. The van der Waals surface area contributed by atoms with Gasteiger partial charge in [0.25, 0.3) is 0 Å². The maximum absolute atomic E-state index is 12.0. The van der Waals surface area contributed by atoms with E-state index in [1.54, 1.807) is 0 Å². The van der Waals surface area contributed by atoms with Crippen molar-refractivity contribution < 1.29 is 14.3 Å². The molecule has 24 heavy (non-hydrogen) atoms. The number of carbonyl (C=O) groups excluding carboxylic acids is 2. The number of anilines is 1. The number of carbonyl (C=O) groups is 2. The quantitative estimate of drug-likeness (QED) is 0.793. The molecule has 8 heteroatoms. The van der Waals surface area contributed by atoms with Crippen LogP contribution in [0.4, 0.5) is 5.00 Å². The fraction of sp³-hybridized carbons (Fsp3) is 0.562. The minimum atomic E-state index is -0.760. The second-order valence-corrected chi connectivity index (χ2v) is 7.66. The summed E-state index contributed by atoms with van der Waals surface area (Å²) in [5, 5.41) is 15.0. The first-order valence-electron chi connectivity index (χ1n) is 7.66. The van der Waals surface area contributed by atoms with E-state index in [0.717, 1.165) is 10.4 Å². The number of hydrogen-bond donors (Lipinski definition) is 2. The van der Waals surface area contributed by atoms with Crippen molar-refractivity contribution in [2.24, 2.45) is 0 Å². The van der Waals surface area contributed by atoms with Crippen molar-refractivity contribution in [2.75, 3.05) is 32.5 Å². The number of ether oxygens (including phenoxy) is 1. The summed E-state index contributed by atoms with van der Waals surface area (Å²) in [5.74, 6) is -1.47. The largest absolute Gasteiger partial charge is 0.370 e. The molecule has 0 fully saturated rings. The molecule has 0 bridgehead atoms. The number of nitriles is 1. The summed E-state index contributed by atoms with van der Waals surface area (Å²) in [5.41, 5.74) is 0.993. The standard InChI is InChI=1S/C16H22N4O3S/c1-16(2)7-10-11(8-17)15(24-12(10)9-23-16)19-14(22)13(21)18-5-6-20(3)4/h5-7,9H2,1-4H3,(H,18,21)(H,19,22). The van der Waals surface area contributed by atoms with Gasteiger partial charge in [-0.1, -0.05) is 0 Å². The van der Waals surface area contributed by atoms with Crippen LogP contribution in [0.2, 0.25) is 0 Å². The van der Waals surface area contributed by atoms with Crippen molar-refractivity contribution in [2.45, 2.75) is 32.5 Å². The van der Waals surface area contributed by atoms with Crippen LogP contribution in [0.15, 0.2) is 0 Å². The molecule has 130 valence electrons. The molecule has 1 aromatic rings. The van der Waals surface area contributed by atoms with Crippen LogP contribution in [0.5, 0.6) is 0 Å². The van der Waals surface area contributed by atoms with Gasteiger partial charge in [-0.25, -0.2) is 0 Å². The molecule has 2 N–H and O–H groups in total. The Kier molecular flexibility index (Phi) is 5.59. The molecule has 1 aromatic heterocycles. The molecular formula is C16H22N4O3S. The molecule has 0 saturated heterocycles. The molecule has 0 aliphatic carbocycles. The van der Waals surface area contributed by atoms with Crippen molar-refractivity contribution in [1.82, 2.24) is 10.2 Å². The Bertz CT molecular complexity index is 688. The van der Waals surface area contributed by atoms with E-state index in [4.69, 9.17) is 4.74 Å². The number of nitrogens with one attached hydrogen (secondary N) is 2. The van der Waals surface area contributed by atoms with Crippen LogP contribution >= 0.6 is 11.3 Å². The summed E-state index contributed by atoms with van der Waals surface area (Å²) in [6, 6.07) is 2.15. The third kappa shape index (κ3) is 4.32. The SMILES string of the molecule is CN(C)CCNC(=O)C(=O)Nc1sc2c(c1C#N)CC(C)(C)OC2. The highest BCUT2D eigenvalue weighted by atomic mass is 32.1. The zero-order chi connectivity index (χ0) is 17.9. The fourth-order valence-electron chi connectivity index (χ4n) is 2.39. The molecule has 2 amide bonds. The van der Waals surface area contributed by atoms with Crippen LogP contribution < -0.4 is 10.6 Å². The number of fused-ring (bicyclic) bond motifs is 1. The molecule has 1 aliphatic rings. The minimum absolute atomic E-state index is 0.343. The van der Waals surface area contributed by atoms with E-state index in [-0.39, 0.29) is 5.60 Å². The summed E-state index contributed by atoms with van der Waals surface area (Å²) >= 11 is 1.29. The molecule has 0 radical (unpaired) electrons. The molecule has 0 spiro atoms. The minimum Gasteiger partial charge on any atom is -0.370 e. The Morgan fingerprint density at radius 1 is 1.38 bits per heavy atom. The van der Waals surface area contributed by atoms with E-state index < -0.39 is 11.8 Å². The van der Waals surface area contributed by atoms with Gasteiger partial charge in [0.2, 0.25) is 0 Å². The Labute approximate surface area is 145 Å². The van der Waals surface area contributed by atoms with Gasteiger partial charge in [0.1, 0.15) is 11.1 Å². The van der Waals surface area contributed by atoms with Crippen molar-refractivity contribution >= 4 is 28.2 Å². The third-order valence-electron chi connectivity index (χ3n) is 3.68. The second kappa shape index (κ2) is 7.30. The number of rotatable bonds is 4. The molecule has 0 atom stereocenters. The van der Waals surface area contributed by atoms with Crippen molar-refractivity contribution in [3.63, 3.8) is 0 Å². The summed E-state index contributed by atoms with van der Waals surface area (Å²) in [6.07, 6.45) is 0.604. The van der Waals surface area contributed by atoms with Gasteiger partial charge >= 0.3 is 11.8 Å². The monoisotopic (exact) mass is 350 g/mol. The smallest absolute Gasteiger partial charge is 0.314 e. The lowest BCUT2D eigenvalue weighted by Gasteiger charge is -2.29. The summed E-state index contributed by atoms with van der Waals surface area (Å²) in [4.78, 5) is 26.7. The second-order valence-electron chi connectivity index (χ2n) is 6.56. The summed E-state index contributed by atoms with van der Waals surface area (Å²) < 4.78 is 5.74. The molecular weight excluding hydrogens is 328 g/mol. The number of thiophene rings is 1. The highest BCUT2D eigenvalue weighted by molar-refractivity contribution is 7.16. The van der Waals surface area contributed by atoms with Gasteiger partial charge in [0.05, 0.1) is 17.8 Å². The molecule has 0 aromatic carbocycles. The number of amides is 2. The first-order valence-corrected chi connectivity index (χ1v) is 8.47. The average Bonchev–Trinajstić information content (AvgIpc) is 2.81. The van der Waals surface area contributed by atoms with Gasteiger partial charge in [-0.15, -0.1) is 11.3 Å². The molecule has 0 saturated carbocycles. The molecule has 0 unspecified atom stereocenters. The van der Waals surface area contributed by atoms with Gasteiger partial charge < -0.3 is 20.3 Å². The van der Waals surface area contributed by atoms with Crippen LogP contribution in [-0.4, -0.2) is 49.5 Å². The zero-order valence-electron chi connectivity index (χ0n) is 14.4. The van der Waals surface area contributed by atoms with Crippen LogP contribution in [0.25, 0.3) is 0 Å². The van der Waals surface area contributed by atoms with E-state index in [1.165, 1.54) is 11.3 Å². The molecule has 2 rings (SSSR count). The van der Waals surface area contributed by atoms with E-state index in [2.05, 4.69) is 16.7 Å². The molecule has 7 nitrogen and oxygen atoms in total. The van der Waals surface area contributed by atoms with E-state index in [9.17, 15) is 14.9 Å². The lowest BCUT2D eigenvalue weighted by molar-refractivity contribution is -0.136. The van der Waals surface area contributed by atoms with Gasteiger partial charge in [-0.3, -0.25) is 9.59 Å². The van der Waals surface area contributed by atoms with E-state index in [0.29, 0.717) is 36.7 Å². The Morgan fingerprint density at radius 2 is 2.08 bits per heavy atom. The average molecular weight is 350 g/mol. The first-order chi connectivity index (χ1) is 11.2. The third-order valence-corrected chi connectivity index (χ3v) is 4.80. The van der Waals surface area contributed by atoms with Crippen LogP contribution in [-0.2, 0) is 27.4 Å². The summed E-state index contributed by atoms with van der Waals surface area (Å²) in [7, 11) is 3.76.